The lowest BCUT2D eigenvalue weighted by Crippen LogP contribution is -2.39. The van der Waals surface area contributed by atoms with E-state index < -0.39 is 17.7 Å². The topological polar surface area (TPSA) is 82.9 Å². The molecule has 0 aromatic carbocycles. The van der Waals surface area contributed by atoms with Gasteiger partial charge in [-0.15, -0.1) is 0 Å². The smallest absolute Gasteiger partial charge is 0.337 e. The Morgan fingerprint density at radius 3 is 2.33 bits per heavy atom. The van der Waals surface area contributed by atoms with Crippen molar-refractivity contribution in [2.75, 3.05) is 18.0 Å². The summed E-state index contributed by atoms with van der Waals surface area (Å²) in [7, 11) is 0. The maximum Gasteiger partial charge on any atom is 0.337 e. The van der Waals surface area contributed by atoms with Crippen molar-refractivity contribution in [3.05, 3.63) is 21.4 Å². The Balaban J connectivity index is 2.63. The number of aryl methyl sites for hydroxylation is 1. The molecule has 0 amide bonds. The number of carbonyl (C=O) groups is 1. The zero-order valence-corrected chi connectivity index (χ0v) is 18.7. The van der Waals surface area contributed by atoms with Crippen LogP contribution in [0.3, 0.4) is 0 Å². The van der Waals surface area contributed by atoms with Crippen LogP contribution in [0.1, 0.15) is 70.5 Å². The number of ether oxygens (including phenoxy) is 1. The zero-order valence-electron chi connectivity index (χ0n) is 17.1. The van der Waals surface area contributed by atoms with Gasteiger partial charge in [-0.25, -0.2) is 4.79 Å². The summed E-state index contributed by atoms with van der Waals surface area (Å²) in [6.45, 7) is 13.1. The minimum atomic E-state index is -1.21. The molecule has 7 heteroatoms. The summed E-state index contributed by atoms with van der Waals surface area (Å²) in [4.78, 5) is 18.7. The molecule has 152 valence electrons. The lowest BCUT2D eigenvalue weighted by atomic mass is 9.82. The fourth-order valence-corrected chi connectivity index (χ4v) is 3.92. The molecular formula is C20H31BrN2O4. The highest BCUT2D eigenvalue weighted by molar-refractivity contribution is 9.10. The Kier molecular flexibility index (Phi) is 6.59. The van der Waals surface area contributed by atoms with Gasteiger partial charge >= 0.3 is 5.97 Å². The van der Waals surface area contributed by atoms with Crippen LogP contribution in [0.2, 0.25) is 0 Å². The molecule has 1 fully saturated rings. The van der Waals surface area contributed by atoms with E-state index in [0.717, 1.165) is 41.8 Å². The Morgan fingerprint density at radius 2 is 1.89 bits per heavy atom. The van der Waals surface area contributed by atoms with Crippen LogP contribution in [0, 0.1) is 12.3 Å². The second-order valence-corrected chi connectivity index (χ2v) is 9.77. The highest BCUT2D eigenvalue weighted by Crippen LogP contribution is 2.43. The first-order chi connectivity index (χ1) is 12.4. The maximum absolute atomic E-state index is 12.1. The Hall–Kier alpha value is -1.18. The molecule has 0 saturated carbocycles. The van der Waals surface area contributed by atoms with Gasteiger partial charge in [-0.2, -0.15) is 0 Å². The van der Waals surface area contributed by atoms with Gasteiger partial charge in [0, 0.05) is 18.7 Å². The van der Waals surface area contributed by atoms with Crippen LogP contribution in [-0.4, -0.2) is 39.9 Å². The first-order valence-electron chi connectivity index (χ1n) is 9.31. The molecule has 0 bridgehead atoms. The van der Waals surface area contributed by atoms with E-state index in [1.165, 1.54) is 0 Å². The maximum atomic E-state index is 12.1. The number of halogens is 1. The van der Waals surface area contributed by atoms with Crippen LogP contribution in [-0.2, 0) is 16.1 Å². The molecule has 1 aliphatic heterocycles. The standard InChI is InChI=1S/C20H31BrN2O4/c1-12-15(21)16(23-9-7-20(5,6)8-10-23)14(13(11-24)22-12)17(18(25)26)27-19(2,3)4/h17,24H,7-11H2,1-6H3,(H,25,26). The van der Waals surface area contributed by atoms with Gasteiger partial charge in [-0.05, 0) is 61.9 Å². The number of rotatable bonds is 5. The number of piperidine rings is 1. The molecule has 27 heavy (non-hydrogen) atoms. The van der Waals surface area contributed by atoms with Crippen LogP contribution in [0.4, 0.5) is 5.69 Å². The number of aliphatic hydroxyl groups is 1. The highest BCUT2D eigenvalue weighted by Gasteiger charge is 2.36. The van der Waals surface area contributed by atoms with Crippen molar-refractivity contribution in [1.82, 2.24) is 4.98 Å². The Labute approximate surface area is 170 Å². The van der Waals surface area contributed by atoms with E-state index in [0.29, 0.717) is 11.3 Å². The van der Waals surface area contributed by atoms with Crippen molar-refractivity contribution >= 4 is 27.6 Å². The van der Waals surface area contributed by atoms with Crippen LogP contribution < -0.4 is 4.90 Å². The molecule has 1 aromatic rings. The van der Waals surface area contributed by atoms with Crippen LogP contribution in [0.25, 0.3) is 0 Å². The first-order valence-corrected chi connectivity index (χ1v) is 10.1. The van der Waals surface area contributed by atoms with Crippen LogP contribution in [0.5, 0.6) is 0 Å². The van der Waals surface area contributed by atoms with E-state index in [9.17, 15) is 15.0 Å². The van der Waals surface area contributed by atoms with E-state index in [1.807, 2.05) is 27.7 Å². The number of carboxylic acids is 1. The first kappa shape index (κ1) is 22.1. The van der Waals surface area contributed by atoms with Crippen molar-refractivity contribution < 1.29 is 19.7 Å². The van der Waals surface area contributed by atoms with Gasteiger partial charge < -0.3 is 19.8 Å². The summed E-state index contributed by atoms with van der Waals surface area (Å²) >= 11 is 3.62. The number of aliphatic carboxylic acids is 1. The molecule has 1 aromatic heterocycles. The second-order valence-electron chi connectivity index (χ2n) is 8.98. The quantitative estimate of drug-likeness (QED) is 0.710. The molecule has 1 atom stereocenters. The number of hydrogen-bond donors (Lipinski definition) is 2. The Bertz CT molecular complexity index is 703. The highest BCUT2D eigenvalue weighted by atomic mass is 79.9. The van der Waals surface area contributed by atoms with Gasteiger partial charge in [-0.1, -0.05) is 13.8 Å². The van der Waals surface area contributed by atoms with Crippen molar-refractivity contribution in [1.29, 1.82) is 0 Å². The van der Waals surface area contributed by atoms with E-state index in [2.05, 4.69) is 39.7 Å². The molecule has 6 nitrogen and oxygen atoms in total. The molecule has 2 N–H and O–H groups in total. The van der Waals surface area contributed by atoms with Gasteiger partial charge in [0.05, 0.1) is 33.8 Å². The number of hydrogen-bond acceptors (Lipinski definition) is 5. The third kappa shape index (κ3) is 5.21. The second kappa shape index (κ2) is 8.05. The number of aliphatic hydroxyl groups excluding tert-OH is 1. The number of aromatic nitrogens is 1. The zero-order chi connectivity index (χ0) is 20.6. The third-order valence-electron chi connectivity index (χ3n) is 4.94. The van der Waals surface area contributed by atoms with Crippen LogP contribution >= 0.6 is 15.9 Å². The molecule has 2 heterocycles. The normalized spacial score (nSPS) is 18.4. The summed E-state index contributed by atoms with van der Waals surface area (Å²) in [5, 5.41) is 19.8. The average Bonchev–Trinajstić information content (AvgIpc) is 2.54. The van der Waals surface area contributed by atoms with Crippen molar-refractivity contribution in [3.8, 4) is 0 Å². The molecular weight excluding hydrogens is 412 g/mol. The van der Waals surface area contributed by atoms with E-state index in [1.54, 1.807) is 0 Å². The molecule has 0 aliphatic carbocycles. The molecule has 1 aliphatic rings. The predicted octanol–water partition coefficient (Wildman–Crippen LogP) is 4.21. The van der Waals surface area contributed by atoms with Gasteiger partial charge in [0.1, 0.15) is 0 Å². The van der Waals surface area contributed by atoms with Gasteiger partial charge in [0.2, 0.25) is 0 Å². The van der Waals surface area contributed by atoms with E-state index in [4.69, 9.17) is 4.74 Å². The van der Waals surface area contributed by atoms with Crippen molar-refractivity contribution in [2.45, 2.75) is 72.7 Å². The number of pyridine rings is 1. The molecule has 2 rings (SSSR count). The summed E-state index contributed by atoms with van der Waals surface area (Å²) < 4.78 is 6.66. The lowest BCUT2D eigenvalue weighted by Gasteiger charge is -2.40. The largest absolute Gasteiger partial charge is 0.479 e. The molecule has 1 unspecified atom stereocenters. The monoisotopic (exact) mass is 442 g/mol. The Morgan fingerprint density at radius 1 is 1.33 bits per heavy atom. The van der Waals surface area contributed by atoms with Crippen molar-refractivity contribution in [2.24, 2.45) is 5.41 Å². The fraction of sp³-hybridized carbons (Fsp3) is 0.700. The molecule has 0 radical (unpaired) electrons. The number of anilines is 1. The summed E-state index contributed by atoms with van der Waals surface area (Å²) in [6.07, 6.45) is 0.806. The molecule has 0 spiro atoms. The van der Waals surface area contributed by atoms with Crippen LogP contribution in [0.15, 0.2) is 4.47 Å². The predicted molar refractivity (Wildman–Crippen MR) is 109 cm³/mol. The van der Waals surface area contributed by atoms with E-state index >= 15 is 0 Å². The summed E-state index contributed by atoms with van der Waals surface area (Å²) in [6, 6.07) is 0. The average molecular weight is 443 g/mol. The van der Waals surface area contributed by atoms with Gasteiger partial charge in [-0.3, -0.25) is 4.98 Å². The lowest BCUT2D eigenvalue weighted by molar-refractivity contribution is -0.160. The SMILES string of the molecule is Cc1nc(CO)c(C(OC(C)(C)C)C(=O)O)c(N2CCC(C)(C)CC2)c1Br. The van der Waals surface area contributed by atoms with Gasteiger partial charge in [0.25, 0.3) is 0 Å². The molecule has 1 saturated heterocycles. The van der Waals surface area contributed by atoms with E-state index in [-0.39, 0.29) is 12.0 Å². The summed E-state index contributed by atoms with van der Waals surface area (Å²) in [5.74, 6) is -1.09. The number of carboxylic acid groups (broad SMARTS) is 1. The minimum Gasteiger partial charge on any atom is -0.479 e. The fourth-order valence-electron chi connectivity index (χ4n) is 3.37. The number of nitrogens with zero attached hydrogens (tertiary/aromatic N) is 2. The van der Waals surface area contributed by atoms with Gasteiger partial charge in [0.15, 0.2) is 6.10 Å². The van der Waals surface area contributed by atoms with Crippen molar-refractivity contribution in [3.63, 3.8) is 0 Å². The third-order valence-corrected chi connectivity index (χ3v) is 5.88. The minimum absolute atomic E-state index is 0.263. The summed E-state index contributed by atoms with van der Waals surface area (Å²) in [5.41, 5.74) is 1.90.